The Labute approximate surface area is 154 Å². The van der Waals surface area contributed by atoms with Crippen molar-refractivity contribution < 1.29 is 4.79 Å². The van der Waals surface area contributed by atoms with Gasteiger partial charge in [-0.05, 0) is 49.1 Å². The van der Waals surface area contributed by atoms with Crippen LogP contribution in [0.5, 0.6) is 0 Å². The van der Waals surface area contributed by atoms with E-state index < -0.39 is 0 Å². The second-order valence-corrected chi connectivity index (χ2v) is 8.78. The topological polar surface area (TPSA) is 32.3 Å². The van der Waals surface area contributed by atoms with Crippen LogP contribution < -0.4 is 5.32 Å². The summed E-state index contributed by atoms with van der Waals surface area (Å²) in [5.41, 5.74) is 0. The van der Waals surface area contributed by atoms with Crippen molar-refractivity contribution in [3.05, 3.63) is 35.2 Å². The average molecular weight is 357 g/mol. The summed E-state index contributed by atoms with van der Waals surface area (Å²) in [5, 5.41) is 4.43. The summed E-state index contributed by atoms with van der Waals surface area (Å²) < 4.78 is 1.19. The fourth-order valence-electron chi connectivity index (χ4n) is 4.35. The van der Waals surface area contributed by atoms with Crippen LogP contribution in [-0.4, -0.2) is 36.5 Å². The van der Waals surface area contributed by atoms with Crippen molar-refractivity contribution in [3.8, 4) is 0 Å². The van der Waals surface area contributed by atoms with Crippen LogP contribution >= 0.6 is 11.3 Å². The van der Waals surface area contributed by atoms with Crippen LogP contribution in [0.15, 0.2) is 30.3 Å². The molecule has 3 nitrogen and oxygen atoms in total. The number of benzene rings is 1. The van der Waals surface area contributed by atoms with E-state index in [0.717, 1.165) is 36.7 Å². The molecule has 0 atom stereocenters. The van der Waals surface area contributed by atoms with Crippen LogP contribution in [0.2, 0.25) is 0 Å². The van der Waals surface area contributed by atoms with Gasteiger partial charge in [-0.1, -0.05) is 37.5 Å². The maximum absolute atomic E-state index is 12.6. The lowest BCUT2D eigenvalue weighted by Gasteiger charge is -2.35. The van der Waals surface area contributed by atoms with E-state index in [2.05, 4.69) is 22.3 Å². The molecule has 0 radical (unpaired) electrons. The van der Waals surface area contributed by atoms with Crippen molar-refractivity contribution >= 4 is 27.3 Å². The maximum Gasteiger partial charge on any atom is 0.261 e. The molecule has 134 valence electrons. The van der Waals surface area contributed by atoms with Gasteiger partial charge >= 0.3 is 0 Å². The first-order valence-electron chi connectivity index (χ1n) is 9.80. The number of carbonyl (C=O) groups excluding carboxylic acids is 1. The third kappa shape index (κ3) is 4.24. The number of nitrogens with zero attached hydrogens (tertiary/aromatic N) is 1. The summed E-state index contributed by atoms with van der Waals surface area (Å²) in [6, 6.07) is 10.6. The lowest BCUT2D eigenvalue weighted by Crippen LogP contribution is -2.45. The highest BCUT2D eigenvalue weighted by Crippen LogP contribution is 2.27. The molecule has 1 saturated carbocycles. The largest absolute Gasteiger partial charge is 0.349 e. The van der Waals surface area contributed by atoms with Crippen molar-refractivity contribution in [1.29, 1.82) is 0 Å². The first-order valence-corrected chi connectivity index (χ1v) is 10.6. The minimum atomic E-state index is 0.104. The van der Waals surface area contributed by atoms with Crippen molar-refractivity contribution in [3.63, 3.8) is 0 Å². The van der Waals surface area contributed by atoms with E-state index in [0.29, 0.717) is 6.04 Å². The van der Waals surface area contributed by atoms with Gasteiger partial charge in [0.25, 0.3) is 5.91 Å². The summed E-state index contributed by atoms with van der Waals surface area (Å²) in [4.78, 5) is 16.0. The predicted molar refractivity (Wildman–Crippen MR) is 105 cm³/mol. The summed E-state index contributed by atoms with van der Waals surface area (Å²) in [6.07, 6.45) is 9.29. The number of amides is 1. The van der Waals surface area contributed by atoms with Gasteiger partial charge in [-0.3, -0.25) is 4.79 Å². The molecule has 25 heavy (non-hydrogen) atoms. The zero-order chi connectivity index (χ0) is 17.1. The minimum Gasteiger partial charge on any atom is -0.349 e. The number of fused-ring (bicyclic) bond motifs is 1. The van der Waals surface area contributed by atoms with Crippen molar-refractivity contribution in [2.24, 2.45) is 5.92 Å². The van der Waals surface area contributed by atoms with E-state index in [4.69, 9.17) is 0 Å². The Balaban J connectivity index is 1.27. The number of hydrogen-bond donors (Lipinski definition) is 1. The molecule has 1 aromatic carbocycles. The molecule has 1 aromatic heterocycles. The monoisotopic (exact) mass is 356 g/mol. The number of thiophene rings is 1. The average Bonchev–Trinajstić information content (AvgIpc) is 3.09. The molecule has 0 bridgehead atoms. The highest BCUT2D eigenvalue weighted by atomic mass is 32.1. The molecular weight excluding hydrogens is 328 g/mol. The van der Waals surface area contributed by atoms with Gasteiger partial charge in [-0.15, -0.1) is 11.3 Å². The van der Waals surface area contributed by atoms with Gasteiger partial charge in [0.15, 0.2) is 0 Å². The normalized spacial score (nSPS) is 20.8. The number of nitrogens with one attached hydrogen (secondary N) is 1. The highest BCUT2D eigenvalue weighted by Gasteiger charge is 2.24. The minimum absolute atomic E-state index is 0.104. The Morgan fingerprint density at radius 2 is 1.84 bits per heavy atom. The third-order valence-corrected chi connectivity index (χ3v) is 6.93. The first-order chi connectivity index (χ1) is 12.3. The van der Waals surface area contributed by atoms with Crippen LogP contribution in [0, 0.1) is 5.92 Å². The number of carbonyl (C=O) groups is 1. The number of likely N-dealkylation sites (tertiary alicyclic amines) is 1. The standard InChI is InChI=1S/C21H28N2OS/c24-21(20-14-17-8-4-5-9-19(17)25-20)22-18-10-12-23(13-11-18)15-16-6-2-1-3-7-16/h4-5,8-9,14,16,18H,1-3,6-7,10-13,15H2,(H,22,24). The van der Waals surface area contributed by atoms with E-state index in [1.165, 1.54) is 48.7 Å². The fourth-order valence-corrected chi connectivity index (χ4v) is 5.31. The SMILES string of the molecule is O=C(NC1CCN(CC2CCCCC2)CC1)c1cc2ccccc2s1. The lowest BCUT2D eigenvalue weighted by atomic mass is 9.88. The van der Waals surface area contributed by atoms with Crippen LogP contribution in [0.25, 0.3) is 10.1 Å². The molecule has 4 rings (SSSR count). The Kier molecular flexibility index (Phi) is 5.37. The fraction of sp³-hybridized carbons (Fsp3) is 0.571. The maximum atomic E-state index is 12.6. The second kappa shape index (κ2) is 7.88. The van der Waals surface area contributed by atoms with Gasteiger partial charge in [-0.25, -0.2) is 0 Å². The Hall–Kier alpha value is -1.39. The highest BCUT2D eigenvalue weighted by molar-refractivity contribution is 7.20. The van der Waals surface area contributed by atoms with E-state index >= 15 is 0 Å². The van der Waals surface area contributed by atoms with Gasteiger partial charge < -0.3 is 10.2 Å². The van der Waals surface area contributed by atoms with Crippen molar-refractivity contribution in [2.75, 3.05) is 19.6 Å². The smallest absolute Gasteiger partial charge is 0.261 e. The molecule has 4 heteroatoms. The molecule has 1 aliphatic heterocycles. The molecule has 2 heterocycles. The number of piperidine rings is 1. The van der Waals surface area contributed by atoms with E-state index in [1.54, 1.807) is 11.3 Å². The first kappa shape index (κ1) is 17.0. The lowest BCUT2D eigenvalue weighted by molar-refractivity contribution is 0.0905. The molecule has 1 N–H and O–H groups in total. The van der Waals surface area contributed by atoms with Gasteiger partial charge in [0.05, 0.1) is 4.88 Å². The van der Waals surface area contributed by atoms with Gasteiger partial charge in [-0.2, -0.15) is 0 Å². The third-order valence-electron chi connectivity index (χ3n) is 5.81. The Morgan fingerprint density at radius 3 is 2.60 bits per heavy atom. The predicted octanol–water partition coefficient (Wildman–Crippen LogP) is 4.68. The summed E-state index contributed by atoms with van der Waals surface area (Å²) in [5.74, 6) is 1.02. The molecule has 0 spiro atoms. The molecule has 1 aliphatic carbocycles. The molecule has 2 aromatic rings. The molecule has 2 aliphatic rings. The zero-order valence-electron chi connectivity index (χ0n) is 14.9. The van der Waals surface area contributed by atoms with Gasteiger partial charge in [0.1, 0.15) is 0 Å². The Bertz CT molecular complexity index is 679. The molecule has 1 saturated heterocycles. The van der Waals surface area contributed by atoms with Crippen LogP contribution in [0.4, 0.5) is 0 Å². The van der Waals surface area contributed by atoms with Gasteiger partial charge in [0.2, 0.25) is 0 Å². The zero-order valence-corrected chi connectivity index (χ0v) is 15.7. The van der Waals surface area contributed by atoms with E-state index in [-0.39, 0.29) is 5.91 Å². The molecular formula is C21H28N2OS. The molecule has 2 fully saturated rings. The Morgan fingerprint density at radius 1 is 1.08 bits per heavy atom. The van der Waals surface area contributed by atoms with Crippen LogP contribution in [0.3, 0.4) is 0 Å². The van der Waals surface area contributed by atoms with Crippen molar-refractivity contribution in [1.82, 2.24) is 10.2 Å². The van der Waals surface area contributed by atoms with E-state index in [1.807, 2.05) is 18.2 Å². The van der Waals surface area contributed by atoms with Gasteiger partial charge in [0, 0.05) is 30.4 Å². The van der Waals surface area contributed by atoms with E-state index in [9.17, 15) is 4.79 Å². The molecule has 0 unspecified atom stereocenters. The van der Waals surface area contributed by atoms with Crippen LogP contribution in [0.1, 0.15) is 54.6 Å². The van der Waals surface area contributed by atoms with Crippen LogP contribution in [-0.2, 0) is 0 Å². The second-order valence-electron chi connectivity index (χ2n) is 7.70. The quantitative estimate of drug-likeness (QED) is 0.863. The summed E-state index contributed by atoms with van der Waals surface area (Å²) in [7, 11) is 0. The summed E-state index contributed by atoms with van der Waals surface area (Å²) in [6.45, 7) is 3.54. The number of hydrogen-bond acceptors (Lipinski definition) is 3. The number of rotatable bonds is 4. The summed E-state index contributed by atoms with van der Waals surface area (Å²) >= 11 is 1.60. The van der Waals surface area contributed by atoms with Crippen molar-refractivity contribution in [2.45, 2.75) is 51.0 Å². The molecule has 1 amide bonds.